The first-order valence-corrected chi connectivity index (χ1v) is 10.8. The van der Waals surface area contributed by atoms with Crippen LogP contribution in [0, 0.1) is 0 Å². The molecule has 11 heteroatoms. The van der Waals surface area contributed by atoms with Crippen molar-refractivity contribution in [3.8, 4) is 11.5 Å². The van der Waals surface area contributed by atoms with Crippen LogP contribution >= 0.6 is 11.6 Å². The number of pyridine rings is 2. The second-order valence-electron chi connectivity index (χ2n) is 6.63. The Hall–Kier alpha value is -2.72. The highest BCUT2D eigenvalue weighted by atomic mass is 35.5. The molecule has 0 radical (unpaired) electrons. The second-order valence-corrected chi connectivity index (χ2v) is 9.31. The maximum atomic E-state index is 13.0. The third kappa shape index (κ3) is 3.39. The van der Waals surface area contributed by atoms with Gasteiger partial charge in [0.05, 0.1) is 33.4 Å². The van der Waals surface area contributed by atoms with E-state index in [9.17, 15) is 21.6 Å². The van der Waals surface area contributed by atoms with Crippen molar-refractivity contribution < 1.29 is 21.6 Å². The van der Waals surface area contributed by atoms with Crippen LogP contribution in [0.15, 0.2) is 41.4 Å². The van der Waals surface area contributed by atoms with Gasteiger partial charge < -0.3 is 4.57 Å². The summed E-state index contributed by atoms with van der Waals surface area (Å²) in [6.45, 7) is 1.50. The lowest BCUT2D eigenvalue weighted by Crippen LogP contribution is -2.09. The summed E-state index contributed by atoms with van der Waals surface area (Å²) in [6, 6.07) is 7.15. The molecule has 0 bridgehead atoms. The number of nitrogens with zero attached hydrogens (tertiary/aromatic N) is 4. The average molecular weight is 455 g/mol. The van der Waals surface area contributed by atoms with Gasteiger partial charge in [-0.05, 0) is 24.3 Å². The standard InChI is InChI=1S/C19H14ClF3N4O2S/c1-3-30(28,29)15-6-10-4-5-11(20)7-12(10)25-17(15)18-26-13-8-16(19(21,22)23)24-9-14(13)27(18)2/h4-9H,3H2,1-2H3. The molecule has 1 aromatic carbocycles. The number of aryl methyl sites for hydroxylation is 1. The molecular weight excluding hydrogens is 441 g/mol. The molecule has 0 aliphatic rings. The van der Waals surface area contributed by atoms with Gasteiger partial charge in [0.25, 0.3) is 0 Å². The first-order valence-electron chi connectivity index (χ1n) is 8.74. The Morgan fingerprint density at radius 3 is 2.50 bits per heavy atom. The number of benzene rings is 1. The fourth-order valence-corrected chi connectivity index (χ4v) is 4.34. The molecule has 0 N–H and O–H groups in total. The Bertz CT molecular complexity index is 1420. The van der Waals surface area contributed by atoms with Gasteiger partial charge in [-0.15, -0.1) is 0 Å². The summed E-state index contributed by atoms with van der Waals surface area (Å²) in [5.41, 5.74) is -0.264. The highest BCUT2D eigenvalue weighted by molar-refractivity contribution is 7.91. The molecular formula is C19H14ClF3N4O2S. The van der Waals surface area contributed by atoms with E-state index in [1.54, 1.807) is 25.2 Å². The number of imidazole rings is 1. The maximum absolute atomic E-state index is 13.0. The Balaban J connectivity index is 2.05. The van der Waals surface area contributed by atoms with E-state index in [2.05, 4.69) is 15.0 Å². The van der Waals surface area contributed by atoms with E-state index < -0.39 is 21.7 Å². The van der Waals surface area contributed by atoms with Crippen LogP contribution < -0.4 is 0 Å². The van der Waals surface area contributed by atoms with Gasteiger partial charge in [0.1, 0.15) is 11.4 Å². The highest BCUT2D eigenvalue weighted by Crippen LogP contribution is 2.34. The summed E-state index contributed by atoms with van der Waals surface area (Å²) in [7, 11) is -2.15. The zero-order chi connectivity index (χ0) is 21.8. The van der Waals surface area contributed by atoms with Crippen LogP contribution in [0.4, 0.5) is 13.2 Å². The molecule has 6 nitrogen and oxygen atoms in total. The molecule has 0 aliphatic heterocycles. The van der Waals surface area contributed by atoms with Crippen LogP contribution in [0.2, 0.25) is 5.02 Å². The first kappa shape index (κ1) is 20.5. The molecule has 0 atom stereocenters. The van der Waals surface area contributed by atoms with Gasteiger partial charge in [-0.25, -0.2) is 23.4 Å². The van der Waals surface area contributed by atoms with E-state index in [1.165, 1.54) is 17.6 Å². The Kier molecular flexibility index (Phi) is 4.74. The molecule has 156 valence electrons. The molecule has 0 fully saturated rings. The smallest absolute Gasteiger partial charge is 0.324 e. The molecule has 0 unspecified atom stereocenters. The topological polar surface area (TPSA) is 77.7 Å². The summed E-state index contributed by atoms with van der Waals surface area (Å²) in [6.07, 6.45) is -3.57. The maximum Gasteiger partial charge on any atom is 0.433 e. The molecule has 4 rings (SSSR count). The number of rotatable bonds is 3. The highest BCUT2D eigenvalue weighted by Gasteiger charge is 2.33. The normalized spacial score (nSPS) is 12.7. The molecule has 3 aromatic heterocycles. The molecule has 4 aromatic rings. The predicted octanol–water partition coefficient (Wildman–Crippen LogP) is 4.65. The van der Waals surface area contributed by atoms with Crippen molar-refractivity contribution in [2.24, 2.45) is 7.05 Å². The SMILES string of the molecule is CCS(=O)(=O)c1cc2ccc(Cl)cc2nc1-c1nc2cc(C(F)(F)F)ncc2n1C. The van der Waals surface area contributed by atoms with Crippen LogP contribution in [0.1, 0.15) is 12.6 Å². The fraction of sp³-hybridized carbons (Fsp3) is 0.211. The Labute approximate surface area is 174 Å². The van der Waals surface area contributed by atoms with E-state index in [1.807, 2.05) is 0 Å². The van der Waals surface area contributed by atoms with Crippen LogP contribution in [0.3, 0.4) is 0 Å². The van der Waals surface area contributed by atoms with E-state index in [0.29, 0.717) is 21.4 Å². The zero-order valence-corrected chi connectivity index (χ0v) is 17.3. The number of aromatic nitrogens is 4. The van der Waals surface area contributed by atoms with Gasteiger partial charge in [0.15, 0.2) is 15.7 Å². The number of halogens is 4. The van der Waals surface area contributed by atoms with Crippen LogP contribution in [-0.2, 0) is 23.1 Å². The minimum atomic E-state index is -4.62. The fourth-order valence-electron chi connectivity index (χ4n) is 3.13. The van der Waals surface area contributed by atoms with Gasteiger partial charge in [-0.2, -0.15) is 13.2 Å². The van der Waals surface area contributed by atoms with Gasteiger partial charge in [0.2, 0.25) is 0 Å². The van der Waals surface area contributed by atoms with Crippen LogP contribution in [-0.4, -0.2) is 33.7 Å². The molecule has 0 amide bonds. The summed E-state index contributed by atoms with van der Waals surface area (Å²) >= 11 is 6.04. The average Bonchev–Trinajstić information content (AvgIpc) is 3.02. The van der Waals surface area contributed by atoms with E-state index in [0.717, 1.165) is 12.3 Å². The number of alkyl halides is 3. The van der Waals surface area contributed by atoms with E-state index >= 15 is 0 Å². The Morgan fingerprint density at radius 1 is 1.10 bits per heavy atom. The molecule has 0 spiro atoms. The largest absolute Gasteiger partial charge is 0.433 e. The van der Waals surface area contributed by atoms with Crippen molar-refractivity contribution in [1.29, 1.82) is 0 Å². The third-order valence-corrected chi connectivity index (χ3v) is 6.71. The lowest BCUT2D eigenvalue weighted by atomic mass is 10.2. The van der Waals surface area contributed by atoms with Crippen molar-refractivity contribution in [3.05, 3.63) is 47.2 Å². The van der Waals surface area contributed by atoms with Gasteiger partial charge in [-0.3, -0.25) is 0 Å². The van der Waals surface area contributed by atoms with Crippen LogP contribution in [0.5, 0.6) is 0 Å². The van der Waals surface area contributed by atoms with E-state index in [-0.39, 0.29) is 27.7 Å². The number of hydrogen-bond acceptors (Lipinski definition) is 5. The summed E-state index contributed by atoms with van der Waals surface area (Å²) in [5.74, 6) is -0.0650. The third-order valence-electron chi connectivity index (χ3n) is 4.73. The van der Waals surface area contributed by atoms with Crippen molar-refractivity contribution in [3.63, 3.8) is 0 Å². The summed E-state index contributed by atoms with van der Waals surface area (Å²) in [5, 5.41) is 0.978. The zero-order valence-electron chi connectivity index (χ0n) is 15.7. The summed E-state index contributed by atoms with van der Waals surface area (Å²) < 4.78 is 66.0. The molecule has 0 aliphatic carbocycles. The van der Waals surface area contributed by atoms with Gasteiger partial charge >= 0.3 is 6.18 Å². The van der Waals surface area contributed by atoms with Gasteiger partial charge in [0, 0.05) is 17.5 Å². The quantitative estimate of drug-likeness (QED) is 0.450. The molecule has 0 saturated heterocycles. The minimum absolute atomic E-state index is 0.0302. The monoisotopic (exact) mass is 454 g/mol. The predicted molar refractivity (Wildman–Crippen MR) is 107 cm³/mol. The molecule has 30 heavy (non-hydrogen) atoms. The van der Waals surface area contributed by atoms with Gasteiger partial charge in [-0.1, -0.05) is 24.6 Å². The van der Waals surface area contributed by atoms with Crippen molar-refractivity contribution in [1.82, 2.24) is 19.5 Å². The molecule has 0 saturated carbocycles. The van der Waals surface area contributed by atoms with Crippen molar-refractivity contribution in [2.75, 3.05) is 5.75 Å². The molecule has 3 heterocycles. The van der Waals surface area contributed by atoms with E-state index in [4.69, 9.17) is 11.6 Å². The lowest BCUT2D eigenvalue weighted by molar-refractivity contribution is -0.141. The first-order chi connectivity index (χ1) is 14.0. The Morgan fingerprint density at radius 2 is 1.83 bits per heavy atom. The number of sulfone groups is 1. The minimum Gasteiger partial charge on any atom is -0.324 e. The second kappa shape index (κ2) is 6.92. The summed E-state index contributed by atoms with van der Waals surface area (Å²) in [4.78, 5) is 12.1. The number of fused-ring (bicyclic) bond motifs is 2. The van der Waals surface area contributed by atoms with Crippen LogP contribution in [0.25, 0.3) is 33.5 Å². The van der Waals surface area contributed by atoms with Crippen molar-refractivity contribution in [2.45, 2.75) is 18.0 Å². The number of hydrogen-bond donors (Lipinski definition) is 0. The lowest BCUT2D eigenvalue weighted by Gasteiger charge is -2.11. The van der Waals surface area contributed by atoms with Crippen molar-refractivity contribution >= 4 is 43.4 Å².